The maximum Gasteiger partial charge on any atom is 0.254 e. The molecule has 1 unspecified atom stereocenters. The Morgan fingerprint density at radius 2 is 2.04 bits per heavy atom. The third kappa shape index (κ3) is 6.49. The maximum absolute atomic E-state index is 12.0. The molecule has 1 saturated carbocycles. The average molecular weight is 358 g/mol. The van der Waals surface area contributed by atoms with Crippen molar-refractivity contribution in [3.05, 3.63) is 18.0 Å². The number of nitrogens with zero attached hydrogens (tertiary/aromatic N) is 2. The summed E-state index contributed by atoms with van der Waals surface area (Å²) in [5, 5.41) is 13.0. The number of amides is 2. The van der Waals surface area contributed by atoms with Gasteiger partial charge in [-0.2, -0.15) is 5.10 Å². The molecule has 1 fully saturated rings. The van der Waals surface area contributed by atoms with Crippen molar-refractivity contribution >= 4 is 24.2 Å². The largest absolute Gasteiger partial charge is 0.352 e. The molecule has 1 heterocycles. The fourth-order valence-corrected chi connectivity index (χ4v) is 2.68. The Balaban J connectivity index is 0.00000288. The Morgan fingerprint density at radius 1 is 1.33 bits per heavy atom. The molecule has 1 aliphatic carbocycles. The summed E-state index contributed by atoms with van der Waals surface area (Å²) < 4.78 is 1.51. The predicted molar refractivity (Wildman–Crippen MR) is 95.3 cm³/mol. The number of hydrogen-bond acceptors (Lipinski definition) is 4. The molecule has 7 nitrogen and oxygen atoms in total. The minimum absolute atomic E-state index is 0. The molecular weight excluding hydrogens is 330 g/mol. The lowest BCUT2D eigenvalue weighted by Gasteiger charge is -2.22. The van der Waals surface area contributed by atoms with E-state index in [0.717, 1.165) is 12.8 Å². The summed E-state index contributed by atoms with van der Waals surface area (Å²) >= 11 is 0. The molecule has 1 aromatic rings. The molecule has 24 heavy (non-hydrogen) atoms. The topological polar surface area (TPSA) is 88.0 Å². The van der Waals surface area contributed by atoms with E-state index in [4.69, 9.17) is 0 Å². The van der Waals surface area contributed by atoms with Gasteiger partial charge in [0.25, 0.3) is 5.91 Å². The number of carbonyl (C=O) groups excluding carboxylic acids is 2. The van der Waals surface area contributed by atoms with Crippen LogP contribution in [0.4, 0.5) is 0 Å². The van der Waals surface area contributed by atoms with Gasteiger partial charge >= 0.3 is 0 Å². The Kier molecular flexibility index (Phi) is 8.78. The van der Waals surface area contributed by atoms with Crippen LogP contribution in [0.3, 0.4) is 0 Å². The van der Waals surface area contributed by atoms with E-state index in [9.17, 15) is 9.59 Å². The normalized spacial score (nSPS) is 16.1. The van der Waals surface area contributed by atoms with E-state index in [0.29, 0.717) is 12.1 Å². The zero-order valence-electron chi connectivity index (χ0n) is 14.4. The lowest BCUT2D eigenvalue weighted by atomic mass is 9.95. The monoisotopic (exact) mass is 357 g/mol. The quantitative estimate of drug-likeness (QED) is 0.681. The van der Waals surface area contributed by atoms with Gasteiger partial charge in [0, 0.05) is 24.8 Å². The van der Waals surface area contributed by atoms with Crippen molar-refractivity contribution < 1.29 is 9.59 Å². The first-order chi connectivity index (χ1) is 11.1. The zero-order valence-corrected chi connectivity index (χ0v) is 15.2. The highest BCUT2D eigenvalue weighted by Crippen LogP contribution is 2.17. The lowest BCUT2D eigenvalue weighted by Crippen LogP contribution is -2.38. The summed E-state index contributed by atoms with van der Waals surface area (Å²) in [6.45, 7) is 2.68. The van der Waals surface area contributed by atoms with Crippen molar-refractivity contribution in [2.45, 2.75) is 57.7 Å². The first-order valence-corrected chi connectivity index (χ1v) is 8.35. The molecular formula is C16H28ClN5O2. The number of aromatic nitrogens is 2. The first-order valence-electron chi connectivity index (χ1n) is 8.35. The van der Waals surface area contributed by atoms with Crippen LogP contribution in [-0.4, -0.2) is 47.3 Å². The fourth-order valence-electron chi connectivity index (χ4n) is 2.68. The van der Waals surface area contributed by atoms with Crippen LogP contribution >= 0.6 is 12.4 Å². The number of nitrogens with one attached hydrogen (secondary N) is 3. The highest BCUT2D eigenvalue weighted by Gasteiger charge is 2.16. The SMILES string of the molecule is CNC(C)CNC(=O)c1cnn(CC(=O)NC2CCCCC2)c1.Cl. The third-order valence-corrected chi connectivity index (χ3v) is 4.23. The van der Waals surface area contributed by atoms with Crippen molar-refractivity contribution in [1.29, 1.82) is 0 Å². The molecule has 1 aromatic heterocycles. The second kappa shape index (κ2) is 10.3. The van der Waals surface area contributed by atoms with Gasteiger partial charge in [-0.15, -0.1) is 12.4 Å². The van der Waals surface area contributed by atoms with E-state index < -0.39 is 0 Å². The van der Waals surface area contributed by atoms with Crippen molar-refractivity contribution in [2.24, 2.45) is 0 Å². The Bertz CT molecular complexity index is 528. The molecule has 3 N–H and O–H groups in total. The van der Waals surface area contributed by atoms with Gasteiger partial charge in [0.1, 0.15) is 6.54 Å². The van der Waals surface area contributed by atoms with E-state index in [1.54, 1.807) is 6.20 Å². The second-order valence-corrected chi connectivity index (χ2v) is 6.23. The molecule has 0 saturated heterocycles. The molecule has 0 aliphatic heterocycles. The standard InChI is InChI=1S/C16H27N5O2.ClH/c1-12(17-2)8-18-16(23)13-9-19-21(10-13)11-15(22)20-14-6-4-3-5-7-14;/h9-10,12,14,17H,3-8,11H2,1-2H3,(H,18,23)(H,20,22);1H. The smallest absolute Gasteiger partial charge is 0.254 e. The number of hydrogen-bond donors (Lipinski definition) is 3. The van der Waals surface area contributed by atoms with E-state index in [-0.39, 0.29) is 42.8 Å². The summed E-state index contributed by atoms with van der Waals surface area (Å²) in [5.74, 6) is -0.221. The Labute approximate surface area is 149 Å². The van der Waals surface area contributed by atoms with Crippen LogP contribution in [-0.2, 0) is 11.3 Å². The highest BCUT2D eigenvalue weighted by atomic mass is 35.5. The van der Waals surface area contributed by atoms with Gasteiger partial charge < -0.3 is 16.0 Å². The van der Waals surface area contributed by atoms with Crippen LogP contribution in [0.15, 0.2) is 12.4 Å². The number of likely N-dealkylation sites (N-methyl/N-ethyl adjacent to an activating group) is 1. The maximum atomic E-state index is 12.0. The number of carbonyl (C=O) groups is 2. The fraction of sp³-hybridized carbons (Fsp3) is 0.688. The van der Waals surface area contributed by atoms with E-state index in [1.165, 1.54) is 30.1 Å². The van der Waals surface area contributed by atoms with E-state index in [2.05, 4.69) is 21.0 Å². The second-order valence-electron chi connectivity index (χ2n) is 6.23. The van der Waals surface area contributed by atoms with E-state index in [1.807, 2.05) is 14.0 Å². The molecule has 0 bridgehead atoms. The van der Waals surface area contributed by atoms with Gasteiger partial charge in [-0.1, -0.05) is 19.3 Å². The summed E-state index contributed by atoms with van der Waals surface area (Å²) in [6.07, 6.45) is 8.84. The minimum Gasteiger partial charge on any atom is -0.352 e. The zero-order chi connectivity index (χ0) is 16.7. The van der Waals surface area contributed by atoms with Gasteiger partial charge in [0.15, 0.2) is 0 Å². The van der Waals surface area contributed by atoms with Crippen molar-refractivity contribution in [1.82, 2.24) is 25.7 Å². The Morgan fingerprint density at radius 3 is 2.71 bits per heavy atom. The number of rotatable bonds is 7. The predicted octanol–water partition coefficient (Wildman–Crippen LogP) is 1.09. The molecule has 0 radical (unpaired) electrons. The minimum atomic E-state index is -0.175. The lowest BCUT2D eigenvalue weighted by molar-refractivity contribution is -0.122. The highest BCUT2D eigenvalue weighted by molar-refractivity contribution is 5.93. The molecule has 1 atom stereocenters. The summed E-state index contributed by atoms with van der Waals surface area (Å²) in [7, 11) is 1.85. The van der Waals surface area contributed by atoms with Crippen LogP contribution in [0, 0.1) is 0 Å². The van der Waals surface area contributed by atoms with Gasteiger partial charge in [-0.05, 0) is 26.8 Å². The van der Waals surface area contributed by atoms with Crippen molar-refractivity contribution in [3.63, 3.8) is 0 Å². The molecule has 136 valence electrons. The first kappa shape index (κ1) is 20.4. The molecule has 0 aromatic carbocycles. The van der Waals surface area contributed by atoms with Gasteiger partial charge in [-0.25, -0.2) is 0 Å². The summed E-state index contributed by atoms with van der Waals surface area (Å²) in [4.78, 5) is 24.0. The van der Waals surface area contributed by atoms with Crippen LogP contribution in [0.25, 0.3) is 0 Å². The third-order valence-electron chi connectivity index (χ3n) is 4.23. The molecule has 2 rings (SSSR count). The van der Waals surface area contributed by atoms with Crippen LogP contribution < -0.4 is 16.0 Å². The summed E-state index contributed by atoms with van der Waals surface area (Å²) in [6, 6.07) is 0.493. The molecule has 1 aliphatic rings. The van der Waals surface area contributed by atoms with Crippen LogP contribution in [0.5, 0.6) is 0 Å². The van der Waals surface area contributed by atoms with Gasteiger partial charge in [0.2, 0.25) is 5.91 Å². The summed E-state index contributed by atoms with van der Waals surface area (Å²) in [5.41, 5.74) is 0.471. The van der Waals surface area contributed by atoms with E-state index >= 15 is 0 Å². The van der Waals surface area contributed by atoms with Crippen LogP contribution in [0.1, 0.15) is 49.4 Å². The Hall–Kier alpha value is -1.60. The van der Waals surface area contributed by atoms with Crippen LogP contribution in [0.2, 0.25) is 0 Å². The molecule has 2 amide bonds. The van der Waals surface area contributed by atoms with Gasteiger partial charge in [-0.3, -0.25) is 14.3 Å². The molecule has 0 spiro atoms. The molecule has 8 heteroatoms. The van der Waals surface area contributed by atoms with Crippen molar-refractivity contribution in [2.75, 3.05) is 13.6 Å². The van der Waals surface area contributed by atoms with Gasteiger partial charge in [0.05, 0.1) is 11.8 Å². The number of halogens is 1. The average Bonchev–Trinajstić information content (AvgIpc) is 3.01. The van der Waals surface area contributed by atoms with Crippen molar-refractivity contribution in [3.8, 4) is 0 Å².